The Morgan fingerprint density at radius 2 is 0.750 bits per heavy atom. The molecule has 0 saturated carbocycles. The molecule has 0 heterocycles. The SMILES string of the molecule is C=C(C)C(=O)O.OCCCCO.OCCCCO.OCCCCO. The van der Waals surface area contributed by atoms with E-state index in [1.807, 2.05) is 0 Å². The Labute approximate surface area is 144 Å². The van der Waals surface area contributed by atoms with Crippen LogP contribution >= 0.6 is 0 Å². The third-order valence-corrected chi connectivity index (χ3v) is 2.06. The van der Waals surface area contributed by atoms with E-state index in [4.69, 9.17) is 35.7 Å². The van der Waals surface area contributed by atoms with Crippen molar-refractivity contribution in [2.75, 3.05) is 39.6 Å². The van der Waals surface area contributed by atoms with Gasteiger partial charge in [-0.05, 0) is 45.4 Å². The van der Waals surface area contributed by atoms with Crippen LogP contribution in [0.4, 0.5) is 0 Å². The van der Waals surface area contributed by atoms with E-state index in [-0.39, 0.29) is 45.2 Å². The fourth-order valence-electron chi connectivity index (χ4n) is 0.671. The summed E-state index contributed by atoms with van der Waals surface area (Å²) in [6.45, 7) is 5.77. The minimum absolute atomic E-state index is 0.176. The first-order chi connectivity index (χ1) is 11.4. The van der Waals surface area contributed by atoms with Gasteiger partial charge in [0.1, 0.15) is 0 Å². The predicted octanol–water partition coefficient (Wildman–Crippen LogP) is -0.0993. The maximum absolute atomic E-state index is 9.60. The monoisotopic (exact) mass is 356 g/mol. The Morgan fingerprint density at radius 3 is 0.792 bits per heavy atom. The molecular formula is C16H36O8. The molecule has 8 heteroatoms. The van der Waals surface area contributed by atoms with E-state index in [1.54, 1.807) is 0 Å². The summed E-state index contributed by atoms with van der Waals surface area (Å²) in [5.41, 5.74) is 0.176. The number of carboxylic acid groups (broad SMARTS) is 1. The molecule has 0 aliphatic heterocycles. The summed E-state index contributed by atoms with van der Waals surface area (Å²) in [5, 5.41) is 56.4. The van der Waals surface area contributed by atoms with E-state index in [9.17, 15) is 4.79 Å². The first kappa shape index (κ1) is 30.8. The van der Waals surface area contributed by atoms with Crippen LogP contribution in [0.25, 0.3) is 0 Å². The summed E-state index contributed by atoms with van der Waals surface area (Å²) < 4.78 is 0. The summed E-state index contributed by atoms with van der Waals surface area (Å²) >= 11 is 0. The molecule has 0 radical (unpaired) electrons. The molecule has 0 fully saturated rings. The van der Waals surface area contributed by atoms with E-state index in [1.165, 1.54) is 6.92 Å². The normalized spacial score (nSPS) is 8.62. The van der Waals surface area contributed by atoms with Gasteiger partial charge in [0.05, 0.1) is 0 Å². The largest absolute Gasteiger partial charge is 0.478 e. The smallest absolute Gasteiger partial charge is 0.330 e. The van der Waals surface area contributed by atoms with Gasteiger partial charge in [0.2, 0.25) is 0 Å². The third-order valence-electron chi connectivity index (χ3n) is 2.06. The highest BCUT2D eigenvalue weighted by Crippen LogP contribution is 1.82. The summed E-state index contributed by atoms with van der Waals surface area (Å²) in [5.74, 6) is -0.935. The highest BCUT2D eigenvalue weighted by molar-refractivity contribution is 5.84. The minimum atomic E-state index is -0.935. The first-order valence-electron chi connectivity index (χ1n) is 7.93. The molecule has 24 heavy (non-hydrogen) atoms. The molecule has 7 N–H and O–H groups in total. The number of aliphatic hydroxyl groups excluding tert-OH is 6. The second kappa shape index (κ2) is 33.5. The Balaban J connectivity index is -0.000000111. The van der Waals surface area contributed by atoms with E-state index in [0.717, 1.165) is 38.5 Å². The number of hydrogen-bond acceptors (Lipinski definition) is 7. The van der Waals surface area contributed by atoms with Gasteiger partial charge in [-0.3, -0.25) is 0 Å². The number of carbonyl (C=O) groups is 1. The van der Waals surface area contributed by atoms with Gasteiger partial charge in [0.15, 0.2) is 0 Å². The molecule has 0 saturated heterocycles. The Bertz CT molecular complexity index is 191. The molecular weight excluding hydrogens is 320 g/mol. The molecule has 0 aromatic carbocycles. The number of aliphatic carboxylic acids is 1. The lowest BCUT2D eigenvalue weighted by atomic mass is 10.3. The lowest BCUT2D eigenvalue weighted by Crippen LogP contribution is -1.92. The van der Waals surface area contributed by atoms with Gasteiger partial charge in [0, 0.05) is 45.2 Å². The van der Waals surface area contributed by atoms with Crippen molar-refractivity contribution in [3.05, 3.63) is 12.2 Å². The molecule has 0 aromatic heterocycles. The fourth-order valence-corrected chi connectivity index (χ4v) is 0.671. The van der Waals surface area contributed by atoms with Crippen LogP contribution in [0.2, 0.25) is 0 Å². The molecule has 0 amide bonds. The molecule has 0 aliphatic carbocycles. The van der Waals surface area contributed by atoms with Crippen molar-refractivity contribution in [1.82, 2.24) is 0 Å². The van der Waals surface area contributed by atoms with E-state index >= 15 is 0 Å². The summed E-state index contributed by atoms with van der Waals surface area (Å²) in [6.07, 6.45) is 4.31. The molecule has 148 valence electrons. The van der Waals surface area contributed by atoms with Crippen LogP contribution in [0.5, 0.6) is 0 Å². The molecule has 8 nitrogen and oxygen atoms in total. The average Bonchev–Trinajstić information content (AvgIpc) is 2.57. The van der Waals surface area contributed by atoms with E-state index in [0.29, 0.717) is 0 Å². The lowest BCUT2D eigenvalue weighted by Gasteiger charge is -1.85. The van der Waals surface area contributed by atoms with Crippen molar-refractivity contribution >= 4 is 5.97 Å². The van der Waals surface area contributed by atoms with E-state index < -0.39 is 5.97 Å². The lowest BCUT2D eigenvalue weighted by molar-refractivity contribution is -0.132. The van der Waals surface area contributed by atoms with Crippen LogP contribution in [-0.2, 0) is 4.79 Å². The van der Waals surface area contributed by atoms with Gasteiger partial charge in [-0.2, -0.15) is 0 Å². The van der Waals surface area contributed by atoms with Gasteiger partial charge in [0.25, 0.3) is 0 Å². The van der Waals surface area contributed by atoms with Crippen molar-refractivity contribution in [3.8, 4) is 0 Å². The molecule has 0 atom stereocenters. The average molecular weight is 356 g/mol. The van der Waals surface area contributed by atoms with Crippen molar-refractivity contribution in [3.63, 3.8) is 0 Å². The third kappa shape index (κ3) is 58.4. The number of carboxylic acids is 1. The second-order valence-corrected chi connectivity index (χ2v) is 4.55. The van der Waals surface area contributed by atoms with Gasteiger partial charge < -0.3 is 35.7 Å². The van der Waals surface area contributed by atoms with Gasteiger partial charge in [-0.1, -0.05) is 6.58 Å². The van der Waals surface area contributed by atoms with Crippen molar-refractivity contribution in [2.45, 2.75) is 45.4 Å². The fraction of sp³-hybridized carbons (Fsp3) is 0.812. The van der Waals surface area contributed by atoms with E-state index in [2.05, 4.69) is 6.58 Å². The molecule has 0 aliphatic rings. The topological polar surface area (TPSA) is 159 Å². The molecule has 0 aromatic rings. The molecule has 0 spiro atoms. The second-order valence-electron chi connectivity index (χ2n) is 4.55. The molecule has 0 rings (SSSR count). The quantitative estimate of drug-likeness (QED) is 0.211. The Hall–Kier alpha value is -1.03. The maximum atomic E-state index is 9.60. The number of rotatable bonds is 10. The van der Waals surface area contributed by atoms with Gasteiger partial charge >= 0.3 is 5.97 Å². The van der Waals surface area contributed by atoms with Crippen molar-refractivity contribution in [2.24, 2.45) is 0 Å². The van der Waals surface area contributed by atoms with Crippen LogP contribution in [0.3, 0.4) is 0 Å². The van der Waals surface area contributed by atoms with Crippen LogP contribution in [0.1, 0.15) is 45.4 Å². The number of unbranched alkanes of at least 4 members (excludes halogenated alkanes) is 3. The Morgan fingerprint density at radius 1 is 0.625 bits per heavy atom. The maximum Gasteiger partial charge on any atom is 0.330 e. The van der Waals surface area contributed by atoms with Crippen LogP contribution in [0.15, 0.2) is 12.2 Å². The van der Waals surface area contributed by atoms with Crippen LogP contribution in [0, 0.1) is 0 Å². The molecule has 0 unspecified atom stereocenters. The first-order valence-corrected chi connectivity index (χ1v) is 7.93. The zero-order valence-corrected chi connectivity index (χ0v) is 14.7. The zero-order valence-electron chi connectivity index (χ0n) is 14.7. The number of aliphatic hydroxyl groups is 6. The summed E-state index contributed by atoms with van der Waals surface area (Å²) in [7, 11) is 0. The Kier molecular flexibility index (Phi) is 43.1. The predicted molar refractivity (Wildman–Crippen MR) is 92.7 cm³/mol. The van der Waals surface area contributed by atoms with Crippen molar-refractivity contribution < 1.29 is 40.5 Å². The van der Waals surface area contributed by atoms with Crippen LogP contribution < -0.4 is 0 Å². The zero-order chi connectivity index (χ0) is 19.6. The highest BCUT2D eigenvalue weighted by Gasteiger charge is 1.90. The van der Waals surface area contributed by atoms with Gasteiger partial charge in [-0.25, -0.2) is 4.79 Å². The summed E-state index contributed by atoms with van der Waals surface area (Å²) in [6, 6.07) is 0. The van der Waals surface area contributed by atoms with Crippen LogP contribution in [-0.4, -0.2) is 81.4 Å². The van der Waals surface area contributed by atoms with Gasteiger partial charge in [-0.15, -0.1) is 0 Å². The van der Waals surface area contributed by atoms with Crippen molar-refractivity contribution in [1.29, 1.82) is 0 Å². The minimum Gasteiger partial charge on any atom is -0.478 e. The number of hydrogen-bond donors (Lipinski definition) is 7. The standard InChI is InChI=1S/C4H6O2.3C4H10O2/c1-3(2)4(5)6;3*5-3-1-2-4-6/h1H2,2H3,(H,5,6);3*5-6H,1-4H2. The molecule has 0 bridgehead atoms. The highest BCUT2D eigenvalue weighted by atomic mass is 16.4. The summed E-state index contributed by atoms with van der Waals surface area (Å²) in [4.78, 5) is 9.60.